The third kappa shape index (κ3) is 3.17. The van der Waals surface area contributed by atoms with Gasteiger partial charge in [-0.25, -0.2) is 4.68 Å². The fraction of sp³-hybridized carbons (Fsp3) is 0.312. The maximum atomic E-state index is 12.3. The van der Waals surface area contributed by atoms with Crippen LogP contribution in [0.3, 0.4) is 0 Å². The quantitative estimate of drug-likeness (QED) is 0.897. The lowest BCUT2D eigenvalue weighted by atomic mass is 9.94. The van der Waals surface area contributed by atoms with E-state index in [0.717, 1.165) is 11.1 Å². The topological polar surface area (TPSA) is 67.2 Å². The van der Waals surface area contributed by atoms with Crippen LogP contribution in [0.1, 0.15) is 11.1 Å². The molecule has 2 heterocycles. The number of carbonyl (C=O) groups excluding carboxylic acids is 1. The van der Waals surface area contributed by atoms with Crippen LogP contribution in [-0.2, 0) is 24.4 Å². The van der Waals surface area contributed by atoms with E-state index in [2.05, 4.69) is 10.4 Å². The second kappa shape index (κ2) is 6.93. The molecule has 0 spiro atoms. The second-order valence-electron chi connectivity index (χ2n) is 5.60. The number of rotatable bonds is 3. The highest BCUT2D eigenvalue weighted by atomic mass is 35.5. The SMILES string of the molecule is CNC(=O)C1Cc2ccccc2CN1Cn1ncc(Cl)c(Cl)c1=O. The summed E-state index contributed by atoms with van der Waals surface area (Å²) in [5.74, 6) is -0.0994. The maximum absolute atomic E-state index is 12.3. The van der Waals surface area contributed by atoms with E-state index in [-0.39, 0.29) is 28.7 Å². The van der Waals surface area contributed by atoms with Crippen LogP contribution in [0.2, 0.25) is 10.0 Å². The Kier molecular flexibility index (Phi) is 4.89. The average molecular weight is 367 g/mol. The Morgan fingerprint density at radius 2 is 2.04 bits per heavy atom. The van der Waals surface area contributed by atoms with Crippen molar-refractivity contribution in [2.75, 3.05) is 7.05 Å². The standard InChI is InChI=1S/C16H16Cl2N4O2/c1-19-15(23)13-6-10-4-2-3-5-11(10)8-21(13)9-22-16(24)14(18)12(17)7-20-22/h2-5,7,13H,6,8-9H2,1H3,(H,19,23). The highest BCUT2D eigenvalue weighted by Gasteiger charge is 2.31. The number of aromatic nitrogens is 2. The van der Waals surface area contributed by atoms with Gasteiger partial charge in [0.1, 0.15) is 5.02 Å². The van der Waals surface area contributed by atoms with Crippen LogP contribution in [0.5, 0.6) is 0 Å². The molecule has 0 bridgehead atoms. The fourth-order valence-corrected chi connectivity index (χ4v) is 3.14. The molecule has 1 N–H and O–H groups in total. The predicted molar refractivity (Wildman–Crippen MR) is 92.1 cm³/mol. The Labute approximate surface area is 149 Å². The molecule has 1 amide bonds. The van der Waals surface area contributed by atoms with Crippen molar-refractivity contribution in [2.24, 2.45) is 0 Å². The largest absolute Gasteiger partial charge is 0.358 e. The number of halogens is 2. The highest BCUT2D eigenvalue weighted by molar-refractivity contribution is 6.41. The molecule has 1 aliphatic rings. The molecule has 0 aliphatic carbocycles. The van der Waals surface area contributed by atoms with Crippen molar-refractivity contribution in [3.05, 3.63) is 62.0 Å². The number of carbonyl (C=O) groups is 1. The van der Waals surface area contributed by atoms with E-state index >= 15 is 0 Å². The van der Waals surface area contributed by atoms with Crippen molar-refractivity contribution in [3.63, 3.8) is 0 Å². The summed E-state index contributed by atoms with van der Waals surface area (Å²) in [5.41, 5.74) is 1.79. The lowest BCUT2D eigenvalue weighted by Crippen LogP contribution is -2.51. The van der Waals surface area contributed by atoms with Gasteiger partial charge in [0, 0.05) is 13.6 Å². The summed E-state index contributed by atoms with van der Waals surface area (Å²) in [4.78, 5) is 26.4. The summed E-state index contributed by atoms with van der Waals surface area (Å²) < 4.78 is 1.22. The van der Waals surface area contributed by atoms with Gasteiger partial charge in [-0.3, -0.25) is 14.5 Å². The number of nitrogens with zero attached hydrogens (tertiary/aromatic N) is 3. The van der Waals surface area contributed by atoms with Gasteiger partial charge in [0.2, 0.25) is 5.91 Å². The zero-order valence-corrected chi connectivity index (χ0v) is 14.5. The molecule has 1 atom stereocenters. The molecular formula is C16H16Cl2N4O2. The number of hydrogen-bond donors (Lipinski definition) is 1. The smallest absolute Gasteiger partial charge is 0.288 e. The predicted octanol–water partition coefficient (Wildman–Crippen LogP) is 1.68. The van der Waals surface area contributed by atoms with Gasteiger partial charge < -0.3 is 5.32 Å². The van der Waals surface area contributed by atoms with Gasteiger partial charge in [0.05, 0.1) is 23.9 Å². The minimum atomic E-state index is -0.473. The van der Waals surface area contributed by atoms with E-state index in [0.29, 0.717) is 13.0 Å². The van der Waals surface area contributed by atoms with Crippen LogP contribution in [0.25, 0.3) is 0 Å². The van der Waals surface area contributed by atoms with Crippen LogP contribution in [0.4, 0.5) is 0 Å². The number of fused-ring (bicyclic) bond motifs is 1. The minimum absolute atomic E-state index is 0.0689. The lowest BCUT2D eigenvalue weighted by Gasteiger charge is -2.35. The Morgan fingerprint density at radius 1 is 1.33 bits per heavy atom. The first-order valence-corrected chi connectivity index (χ1v) is 8.20. The lowest BCUT2D eigenvalue weighted by molar-refractivity contribution is -0.127. The molecular weight excluding hydrogens is 351 g/mol. The van der Waals surface area contributed by atoms with Gasteiger partial charge in [-0.15, -0.1) is 0 Å². The average Bonchev–Trinajstić information content (AvgIpc) is 2.61. The summed E-state index contributed by atoms with van der Waals surface area (Å²) in [6, 6.07) is 7.58. The molecule has 6 nitrogen and oxygen atoms in total. The molecule has 8 heteroatoms. The molecule has 0 radical (unpaired) electrons. The van der Waals surface area contributed by atoms with E-state index in [1.165, 1.54) is 10.9 Å². The first-order valence-electron chi connectivity index (χ1n) is 7.44. The Morgan fingerprint density at radius 3 is 2.75 bits per heavy atom. The summed E-state index contributed by atoms with van der Waals surface area (Å²) in [7, 11) is 1.60. The van der Waals surface area contributed by atoms with E-state index < -0.39 is 5.56 Å². The zero-order valence-electron chi connectivity index (χ0n) is 13.0. The summed E-state index contributed by atoms with van der Waals surface area (Å²) in [6.07, 6.45) is 1.91. The van der Waals surface area contributed by atoms with Gasteiger partial charge in [0.25, 0.3) is 5.56 Å². The first kappa shape index (κ1) is 17.0. The Hall–Kier alpha value is -1.89. The number of amides is 1. The number of hydrogen-bond acceptors (Lipinski definition) is 4. The fourth-order valence-electron chi connectivity index (χ4n) is 2.87. The summed E-state index contributed by atoms with van der Waals surface area (Å²) >= 11 is 11.7. The zero-order chi connectivity index (χ0) is 17.3. The third-order valence-electron chi connectivity index (χ3n) is 4.15. The van der Waals surface area contributed by atoms with Crippen molar-refractivity contribution in [1.29, 1.82) is 0 Å². The van der Waals surface area contributed by atoms with Crippen molar-refractivity contribution in [3.8, 4) is 0 Å². The molecule has 2 aromatic rings. The third-order valence-corrected chi connectivity index (χ3v) is 4.90. The molecule has 1 aromatic heterocycles. The summed E-state index contributed by atoms with van der Waals surface area (Å²) in [5, 5.41) is 6.75. The van der Waals surface area contributed by atoms with Gasteiger partial charge in [0.15, 0.2) is 0 Å². The van der Waals surface area contributed by atoms with E-state index in [4.69, 9.17) is 23.2 Å². The minimum Gasteiger partial charge on any atom is -0.358 e. The van der Waals surface area contributed by atoms with Crippen molar-refractivity contribution in [1.82, 2.24) is 20.0 Å². The normalized spacial score (nSPS) is 17.4. The number of benzene rings is 1. The molecule has 3 rings (SSSR count). The van der Waals surface area contributed by atoms with Gasteiger partial charge >= 0.3 is 0 Å². The summed E-state index contributed by atoms with van der Waals surface area (Å²) in [6.45, 7) is 0.699. The van der Waals surface area contributed by atoms with Crippen molar-refractivity contribution >= 4 is 29.1 Å². The molecule has 0 saturated carbocycles. The Bertz CT molecular complexity index is 837. The van der Waals surface area contributed by atoms with Crippen molar-refractivity contribution < 1.29 is 4.79 Å². The van der Waals surface area contributed by atoms with Gasteiger partial charge in [-0.05, 0) is 17.5 Å². The molecule has 1 aromatic carbocycles. The molecule has 1 aliphatic heterocycles. The monoisotopic (exact) mass is 366 g/mol. The van der Waals surface area contributed by atoms with E-state index in [1.54, 1.807) is 7.05 Å². The number of likely N-dealkylation sites (N-methyl/N-ethyl adjacent to an activating group) is 1. The van der Waals surface area contributed by atoms with Gasteiger partial charge in [-0.1, -0.05) is 47.5 Å². The van der Waals surface area contributed by atoms with E-state index in [9.17, 15) is 9.59 Å². The van der Waals surface area contributed by atoms with Crippen LogP contribution in [-0.4, -0.2) is 33.7 Å². The molecule has 0 fully saturated rings. The molecule has 126 valence electrons. The highest BCUT2D eigenvalue weighted by Crippen LogP contribution is 2.24. The first-order chi connectivity index (χ1) is 11.5. The van der Waals surface area contributed by atoms with Gasteiger partial charge in [-0.2, -0.15) is 5.10 Å². The second-order valence-corrected chi connectivity index (χ2v) is 6.39. The van der Waals surface area contributed by atoms with Crippen LogP contribution < -0.4 is 10.9 Å². The van der Waals surface area contributed by atoms with Crippen LogP contribution in [0, 0.1) is 0 Å². The van der Waals surface area contributed by atoms with E-state index in [1.807, 2.05) is 29.2 Å². The molecule has 0 saturated heterocycles. The molecule has 24 heavy (non-hydrogen) atoms. The Balaban J connectivity index is 1.94. The van der Waals surface area contributed by atoms with Crippen LogP contribution >= 0.6 is 23.2 Å². The molecule has 1 unspecified atom stereocenters. The van der Waals surface area contributed by atoms with Crippen molar-refractivity contribution in [2.45, 2.75) is 25.7 Å². The number of nitrogens with one attached hydrogen (secondary N) is 1. The van der Waals surface area contributed by atoms with Crippen LogP contribution in [0.15, 0.2) is 35.3 Å². The maximum Gasteiger partial charge on any atom is 0.288 e.